The van der Waals surface area contributed by atoms with Crippen LogP contribution < -0.4 is 5.32 Å². The molecule has 1 N–H and O–H groups in total. The molecule has 1 aliphatic heterocycles. The quantitative estimate of drug-likeness (QED) is 0.602. The first-order valence-electron chi connectivity index (χ1n) is 11.1. The lowest BCUT2D eigenvalue weighted by Crippen LogP contribution is -2.43. The Morgan fingerprint density at radius 3 is 1.97 bits per heavy atom. The fourth-order valence-corrected chi connectivity index (χ4v) is 3.55. The second kappa shape index (κ2) is 12.5. The number of carbonyl (C=O) groups is 3. The van der Waals surface area contributed by atoms with E-state index in [0.717, 1.165) is 43.5 Å². The first-order valence-corrected chi connectivity index (χ1v) is 11.1. The molecular weight excluding hydrogens is 408 g/mol. The van der Waals surface area contributed by atoms with Gasteiger partial charge in [-0.3, -0.25) is 4.79 Å². The van der Waals surface area contributed by atoms with Crippen LogP contribution in [0.15, 0.2) is 60.7 Å². The van der Waals surface area contributed by atoms with E-state index in [1.807, 2.05) is 65.6 Å². The fraction of sp³-hybridized carbons (Fsp3) is 0.400. The zero-order valence-corrected chi connectivity index (χ0v) is 18.2. The smallest absolute Gasteiger partial charge is 0.408 e. The Morgan fingerprint density at radius 1 is 0.812 bits per heavy atom. The molecule has 0 aliphatic carbocycles. The van der Waals surface area contributed by atoms with Crippen molar-refractivity contribution in [2.45, 2.75) is 51.4 Å². The van der Waals surface area contributed by atoms with Crippen LogP contribution in [-0.4, -0.2) is 42.0 Å². The third kappa shape index (κ3) is 7.72. The summed E-state index contributed by atoms with van der Waals surface area (Å²) in [7, 11) is 0. The lowest BCUT2D eigenvalue weighted by atomic mass is 10.1. The number of rotatable bonds is 9. The van der Waals surface area contributed by atoms with Crippen LogP contribution in [-0.2, 0) is 32.3 Å². The van der Waals surface area contributed by atoms with Crippen molar-refractivity contribution in [2.75, 3.05) is 13.1 Å². The van der Waals surface area contributed by atoms with Crippen molar-refractivity contribution < 1.29 is 23.9 Å². The number of carbonyl (C=O) groups excluding carboxylic acids is 3. The highest BCUT2D eigenvalue weighted by atomic mass is 16.6. The number of hydrogen-bond acceptors (Lipinski definition) is 5. The summed E-state index contributed by atoms with van der Waals surface area (Å²) in [5, 5.41) is 2.58. The molecule has 7 heteroatoms. The minimum Gasteiger partial charge on any atom is -0.459 e. The first-order chi connectivity index (χ1) is 15.6. The number of esters is 1. The topological polar surface area (TPSA) is 84.9 Å². The molecule has 1 atom stereocenters. The van der Waals surface area contributed by atoms with E-state index in [-0.39, 0.29) is 32.0 Å². The van der Waals surface area contributed by atoms with Gasteiger partial charge < -0.3 is 19.7 Å². The molecule has 32 heavy (non-hydrogen) atoms. The third-order valence-electron chi connectivity index (χ3n) is 5.37. The van der Waals surface area contributed by atoms with Crippen LogP contribution in [0.1, 0.15) is 43.2 Å². The Labute approximate surface area is 188 Å². The lowest BCUT2D eigenvalue weighted by Gasteiger charge is -2.27. The van der Waals surface area contributed by atoms with Crippen LogP contribution >= 0.6 is 0 Å². The maximum atomic E-state index is 12.7. The molecule has 1 heterocycles. The summed E-state index contributed by atoms with van der Waals surface area (Å²) >= 11 is 0. The second-order valence-corrected chi connectivity index (χ2v) is 7.83. The monoisotopic (exact) mass is 438 g/mol. The van der Waals surface area contributed by atoms with Crippen LogP contribution in [0.5, 0.6) is 0 Å². The minimum absolute atomic E-state index is 0.00925. The number of ether oxygens (including phenoxy) is 2. The molecule has 2 aromatic rings. The maximum Gasteiger partial charge on any atom is 0.408 e. The van der Waals surface area contributed by atoms with E-state index in [9.17, 15) is 14.4 Å². The van der Waals surface area contributed by atoms with Gasteiger partial charge in [-0.2, -0.15) is 0 Å². The molecule has 1 saturated heterocycles. The van der Waals surface area contributed by atoms with E-state index in [4.69, 9.17) is 9.47 Å². The van der Waals surface area contributed by atoms with Gasteiger partial charge in [0.25, 0.3) is 0 Å². The lowest BCUT2D eigenvalue weighted by molar-refractivity contribution is -0.147. The summed E-state index contributed by atoms with van der Waals surface area (Å²) in [5.74, 6) is -0.595. The molecule has 0 aromatic heterocycles. The largest absolute Gasteiger partial charge is 0.459 e. The summed E-state index contributed by atoms with van der Waals surface area (Å²) < 4.78 is 10.6. The van der Waals surface area contributed by atoms with Crippen molar-refractivity contribution >= 4 is 18.0 Å². The van der Waals surface area contributed by atoms with Gasteiger partial charge in [-0.05, 0) is 36.8 Å². The molecule has 170 valence electrons. The number of nitrogens with zero attached hydrogens (tertiary/aromatic N) is 1. The Hall–Kier alpha value is -3.35. The summed E-state index contributed by atoms with van der Waals surface area (Å²) in [6, 6.07) is 17.6. The van der Waals surface area contributed by atoms with Gasteiger partial charge in [0.05, 0.1) is 0 Å². The molecule has 0 radical (unpaired) electrons. The Kier molecular flexibility index (Phi) is 9.10. The van der Waals surface area contributed by atoms with Crippen molar-refractivity contribution in [3.8, 4) is 0 Å². The summed E-state index contributed by atoms with van der Waals surface area (Å²) in [4.78, 5) is 39.4. The zero-order chi connectivity index (χ0) is 22.6. The normalized spacial score (nSPS) is 14.3. The van der Waals surface area contributed by atoms with Crippen molar-refractivity contribution in [3.05, 3.63) is 71.8 Å². The van der Waals surface area contributed by atoms with E-state index in [1.165, 1.54) is 0 Å². The number of amides is 2. The highest BCUT2D eigenvalue weighted by Gasteiger charge is 2.26. The molecule has 1 aliphatic rings. The van der Waals surface area contributed by atoms with Crippen LogP contribution in [0.3, 0.4) is 0 Å². The van der Waals surface area contributed by atoms with Gasteiger partial charge in [0.1, 0.15) is 19.3 Å². The predicted molar refractivity (Wildman–Crippen MR) is 119 cm³/mol. The van der Waals surface area contributed by atoms with Gasteiger partial charge in [0.15, 0.2) is 0 Å². The van der Waals surface area contributed by atoms with Crippen molar-refractivity contribution in [1.29, 1.82) is 0 Å². The van der Waals surface area contributed by atoms with Crippen LogP contribution in [0.2, 0.25) is 0 Å². The fourth-order valence-electron chi connectivity index (χ4n) is 3.55. The number of likely N-dealkylation sites (tertiary alicyclic amines) is 1. The van der Waals surface area contributed by atoms with Crippen molar-refractivity contribution in [3.63, 3.8) is 0 Å². The van der Waals surface area contributed by atoms with Gasteiger partial charge in [-0.25, -0.2) is 9.59 Å². The molecule has 3 rings (SSSR count). The van der Waals surface area contributed by atoms with Gasteiger partial charge >= 0.3 is 12.1 Å². The van der Waals surface area contributed by atoms with E-state index in [1.54, 1.807) is 0 Å². The van der Waals surface area contributed by atoms with E-state index in [2.05, 4.69) is 5.32 Å². The number of alkyl carbamates (subject to hydrolysis) is 1. The van der Waals surface area contributed by atoms with Gasteiger partial charge in [0.2, 0.25) is 5.91 Å². The SMILES string of the molecule is O=C(N[C@@H](CCC(=O)N1CCCCC1)C(=O)OCc1ccccc1)OCc1ccccc1. The molecule has 1 fully saturated rings. The second-order valence-electron chi connectivity index (χ2n) is 7.83. The van der Waals surface area contributed by atoms with Crippen LogP contribution in [0.25, 0.3) is 0 Å². The van der Waals surface area contributed by atoms with Gasteiger partial charge in [-0.15, -0.1) is 0 Å². The molecular formula is C25H30N2O5. The van der Waals surface area contributed by atoms with Crippen molar-refractivity contribution in [2.24, 2.45) is 0 Å². The Bertz CT molecular complexity index is 866. The molecule has 0 spiro atoms. The van der Waals surface area contributed by atoms with E-state index in [0.29, 0.717) is 0 Å². The average molecular weight is 439 g/mol. The van der Waals surface area contributed by atoms with Gasteiger partial charge in [0, 0.05) is 19.5 Å². The molecule has 0 saturated carbocycles. The molecule has 2 amide bonds. The van der Waals surface area contributed by atoms with E-state index < -0.39 is 18.1 Å². The average Bonchev–Trinajstić information content (AvgIpc) is 2.85. The van der Waals surface area contributed by atoms with Crippen molar-refractivity contribution in [1.82, 2.24) is 10.2 Å². The number of piperidine rings is 1. The molecule has 7 nitrogen and oxygen atoms in total. The maximum absolute atomic E-state index is 12.7. The summed E-state index contributed by atoms with van der Waals surface area (Å²) in [6.45, 7) is 1.67. The molecule has 0 unspecified atom stereocenters. The Balaban J connectivity index is 1.55. The highest BCUT2D eigenvalue weighted by Crippen LogP contribution is 2.13. The molecule has 0 bridgehead atoms. The number of benzene rings is 2. The number of hydrogen-bond donors (Lipinski definition) is 1. The number of nitrogens with one attached hydrogen (secondary N) is 1. The summed E-state index contributed by atoms with van der Waals surface area (Å²) in [5.41, 5.74) is 1.68. The highest BCUT2D eigenvalue weighted by molar-refractivity contribution is 5.83. The zero-order valence-electron chi connectivity index (χ0n) is 18.2. The van der Waals surface area contributed by atoms with Gasteiger partial charge in [-0.1, -0.05) is 60.7 Å². The standard InChI is InChI=1S/C25H30N2O5/c28-23(27-16-8-3-9-17-27)15-14-22(24(29)31-18-20-10-4-1-5-11-20)26-25(30)32-19-21-12-6-2-7-13-21/h1-2,4-7,10-13,22H,3,8-9,14-19H2,(H,26,30)/t22-/m0/s1. The minimum atomic E-state index is -0.962. The summed E-state index contributed by atoms with van der Waals surface area (Å²) in [6.07, 6.45) is 2.72. The van der Waals surface area contributed by atoms with Crippen LogP contribution in [0.4, 0.5) is 4.79 Å². The molecule has 2 aromatic carbocycles. The van der Waals surface area contributed by atoms with E-state index >= 15 is 0 Å². The third-order valence-corrected chi connectivity index (χ3v) is 5.37. The van der Waals surface area contributed by atoms with Crippen LogP contribution in [0, 0.1) is 0 Å². The predicted octanol–water partition coefficient (Wildman–Crippen LogP) is 3.82. The Morgan fingerprint density at radius 2 is 1.38 bits per heavy atom. The first kappa shape index (κ1) is 23.3.